The van der Waals surface area contributed by atoms with Gasteiger partial charge in [0.15, 0.2) is 0 Å². The summed E-state index contributed by atoms with van der Waals surface area (Å²) in [5.41, 5.74) is 3.58. The standard InChI is InChI=1S/C14H19NO2/c1-5-15-14(12-6-7-16-8-12)13-9(2)10(3)17-11(13)4/h6-8,14-15H,5H2,1-4H3. The molecule has 2 aromatic heterocycles. The van der Waals surface area contributed by atoms with Crippen LogP contribution < -0.4 is 5.32 Å². The third-order valence-corrected chi connectivity index (χ3v) is 3.19. The van der Waals surface area contributed by atoms with Crippen LogP contribution in [-0.4, -0.2) is 6.54 Å². The third-order valence-electron chi connectivity index (χ3n) is 3.19. The minimum Gasteiger partial charge on any atom is -0.472 e. The summed E-state index contributed by atoms with van der Waals surface area (Å²) in [5, 5.41) is 3.48. The maximum absolute atomic E-state index is 5.70. The van der Waals surface area contributed by atoms with Crippen LogP contribution in [0.15, 0.2) is 27.4 Å². The Bertz CT molecular complexity index is 483. The molecule has 0 aliphatic heterocycles. The molecular weight excluding hydrogens is 214 g/mol. The summed E-state index contributed by atoms with van der Waals surface area (Å²) in [7, 11) is 0. The van der Waals surface area contributed by atoms with Gasteiger partial charge in [0.05, 0.1) is 18.6 Å². The van der Waals surface area contributed by atoms with E-state index in [1.165, 1.54) is 11.1 Å². The van der Waals surface area contributed by atoms with Crippen molar-refractivity contribution in [3.63, 3.8) is 0 Å². The fourth-order valence-electron chi connectivity index (χ4n) is 2.26. The predicted octanol–water partition coefficient (Wildman–Crippen LogP) is 3.50. The molecule has 2 heterocycles. The van der Waals surface area contributed by atoms with Crippen molar-refractivity contribution in [2.24, 2.45) is 0 Å². The molecule has 2 aromatic rings. The molecule has 2 rings (SSSR count). The van der Waals surface area contributed by atoms with Gasteiger partial charge >= 0.3 is 0 Å². The van der Waals surface area contributed by atoms with Gasteiger partial charge in [-0.25, -0.2) is 0 Å². The lowest BCUT2D eigenvalue weighted by Crippen LogP contribution is -2.22. The number of furan rings is 2. The van der Waals surface area contributed by atoms with E-state index in [0.29, 0.717) is 0 Å². The first-order chi connectivity index (χ1) is 8.15. The summed E-state index contributed by atoms with van der Waals surface area (Å²) in [4.78, 5) is 0. The highest BCUT2D eigenvalue weighted by atomic mass is 16.3. The molecule has 3 heteroatoms. The van der Waals surface area contributed by atoms with Crippen LogP contribution in [0.1, 0.15) is 41.2 Å². The highest BCUT2D eigenvalue weighted by Crippen LogP contribution is 2.31. The second-order valence-corrected chi connectivity index (χ2v) is 4.30. The van der Waals surface area contributed by atoms with E-state index in [1.807, 2.05) is 19.9 Å². The first-order valence-electron chi connectivity index (χ1n) is 5.97. The molecule has 17 heavy (non-hydrogen) atoms. The zero-order valence-electron chi connectivity index (χ0n) is 10.8. The van der Waals surface area contributed by atoms with E-state index in [0.717, 1.165) is 23.6 Å². The lowest BCUT2D eigenvalue weighted by atomic mass is 9.97. The fourth-order valence-corrected chi connectivity index (χ4v) is 2.26. The summed E-state index contributed by atoms with van der Waals surface area (Å²) in [6.07, 6.45) is 3.49. The molecule has 92 valence electrons. The van der Waals surface area contributed by atoms with Crippen LogP contribution in [0, 0.1) is 20.8 Å². The van der Waals surface area contributed by atoms with Crippen molar-refractivity contribution in [1.29, 1.82) is 0 Å². The van der Waals surface area contributed by atoms with E-state index in [4.69, 9.17) is 8.83 Å². The van der Waals surface area contributed by atoms with Crippen LogP contribution in [0.2, 0.25) is 0 Å². The SMILES string of the molecule is CCNC(c1ccoc1)c1c(C)oc(C)c1C. The minimum atomic E-state index is 0.149. The Morgan fingerprint density at radius 3 is 2.47 bits per heavy atom. The predicted molar refractivity (Wildman–Crippen MR) is 67.1 cm³/mol. The van der Waals surface area contributed by atoms with Gasteiger partial charge in [-0.3, -0.25) is 0 Å². The van der Waals surface area contributed by atoms with Crippen molar-refractivity contribution in [2.75, 3.05) is 6.54 Å². The van der Waals surface area contributed by atoms with Gasteiger partial charge in [-0.2, -0.15) is 0 Å². The van der Waals surface area contributed by atoms with E-state index in [9.17, 15) is 0 Å². The molecule has 0 aliphatic carbocycles. The van der Waals surface area contributed by atoms with Gasteiger partial charge in [0.25, 0.3) is 0 Å². The Kier molecular flexibility index (Phi) is 3.38. The number of aryl methyl sites for hydroxylation is 2. The summed E-state index contributed by atoms with van der Waals surface area (Å²) in [6, 6.07) is 2.14. The van der Waals surface area contributed by atoms with E-state index < -0.39 is 0 Å². The maximum atomic E-state index is 5.70. The van der Waals surface area contributed by atoms with Crippen molar-refractivity contribution in [2.45, 2.75) is 33.7 Å². The third kappa shape index (κ3) is 2.15. The van der Waals surface area contributed by atoms with Crippen LogP contribution in [0.3, 0.4) is 0 Å². The highest BCUT2D eigenvalue weighted by molar-refractivity contribution is 5.39. The second-order valence-electron chi connectivity index (χ2n) is 4.30. The average Bonchev–Trinajstić information content (AvgIpc) is 2.88. The van der Waals surface area contributed by atoms with Crippen LogP contribution in [0.25, 0.3) is 0 Å². The number of hydrogen-bond donors (Lipinski definition) is 1. The monoisotopic (exact) mass is 233 g/mol. The Hall–Kier alpha value is -1.48. The lowest BCUT2D eigenvalue weighted by Gasteiger charge is -2.17. The number of rotatable bonds is 4. The molecule has 1 unspecified atom stereocenters. The van der Waals surface area contributed by atoms with Crippen molar-refractivity contribution in [1.82, 2.24) is 5.32 Å². The number of hydrogen-bond acceptors (Lipinski definition) is 3. The fraction of sp³-hybridized carbons (Fsp3) is 0.429. The van der Waals surface area contributed by atoms with Gasteiger partial charge in [0.1, 0.15) is 11.5 Å². The number of nitrogens with one attached hydrogen (secondary N) is 1. The summed E-state index contributed by atoms with van der Waals surface area (Å²) >= 11 is 0. The van der Waals surface area contributed by atoms with Gasteiger partial charge in [-0.05, 0) is 38.9 Å². The van der Waals surface area contributed by atoms with Crippen LogP contribution in [0.5, 0.6) is 0 Å². The van der Waals surface area contributed by atoms with E-state index in [-0.39, 0.29) is 6.04 Å². The maximum Gasteiger partial charge on any atom is 0.106 e. The average molecular weight is 233 g/mol. The molecule has 0 spiro atoms. The molecule has 0 fully saturated rings. The summed E-state index contributed by atoms with van der Waals surface area (Å²) in [6.45, 7) is 9.12. The normalized spacial score (nSPS) is 12.9. The summed E-state index contributed by atoms with van der Waals surface area (Å²) in [5.74, 6) is 1.97. The topological polar surface area (TPSA) is 38.3 Å². The van der Waals surface area contributed by atoms with Crippen LogP contribution >= 0.6 is 0 Å². The Morgan fingerprint density at radius 1 is 1.24 bits per heavy atom. The van der Waals surface area contributed by atoms with E-state index >= 15 is 0 Å². The van der Waals surface area contributed by atoms with Gasteiger partial charge < -0.3 is 14.2 Å². The van der Waals surface area contributed by atoms with Crippen LogP contribution in [-0.2, 0) is 0 Å². The van der Waals surface area contributed by atoms with Crippen molar-refractivity contribution in [3.05, 3.63) is 46.8 Å². The van der Waals surface area contributed by atoms with Crippen molar-refractivity contribution in [3.8, 4) is 0 Å². The van der Waals surface area contributed by atoms with E-state index in [2.05, 4.69) is 19.2 Å². The molecule has 3 nitrogen and oxygen atoms in total. The molecule has 1 atom stereocenters. The molecule has 0 saturated heterocycles. The van der Waals surface area contributed by atoms with Gasteiger partial charge in [0, 0.05) is 11.1 Å². The molecule has 0 radical (unpaired) electrons. The largest absolute Gasteiger partial charge is 0.472 e. The zero-order valence-corrected chi connectivity index (χ0v) is 10.8. The van der Waals surface area contributed by atoms with Crippen molar-refractivity contribution >= 4 is 0 Å². The first kappa shape index (κ1) is 12.0. The minimum absolute atomic E-state index is 0.149. The van der Waals surface area contributed by atoms with Gasteiger partial charge in [0.2, 0.25) is 0 Å². The smallest absolute Gasteiger partial charge is 0.106 e. The molecule has 0 bridgehead atoms. The Morgan fingerprint density at radius 2 is 2.00 bits per heavy atom. The summed E-state index contributed by atoms with van der Waals surface area (Å²) < 4.78 is 10.9. The molecule has 0 saturated carbocycles. The highest BCUT2D eigenvalue weighted by Gasteiger charge is 2.22. The molecule has 0 aliphatic rings. The van der Waals surface area contributed by atoms with Crippen LogP contribution in [0.4, 0.5) is 0 Å². The van der Waals surface area contributed by atoms with Gasteiger partial charge in [-0.1, -0.05) is 6.92 Å². The van der Waals surface area contributed by atoms with E-state index in [1.54, 1.807) is 12.5 Å². The molecule has 0 aromatic carbocycles. The molecular formula is C14H19NO2. The lowest BCUT2D eigenvalue weighted by molar-refractivity contribution is 0.493. The van der Waals surface area contributed by atoms with Crippen molar-refractivity contribution < 1.29 is 8.83 Å². The second kappa shape index (κ2) is 4.80. The Labute approximate surface area is 102 Å². The zero-order chi connectivity index (χ0) is 12.4. The molecule has 1 N–H and O–H groups in total. The molecule has 0 amide bonds. The quantitative estimate of drug-likeness (QED) is 0.878. The van der Waals surface area contributed by atoms with Gasteiger partial charge in [-0.15, -0.1) is 0 Å². The Balaban J connectivity index is 2.46. The first-order valence-corrected chi connectivity index (χ1v) is 5.97.